The third-order valence-electron chi connectivity index (χ3n) is 7.65. The van der Waals surface area contributed by atoms with Crippen LogP contribution in [0, 0.1) is 29.6 Å². The van der Waals surface area contributed by atoms with E-state index in [0.717, 1.165) is 50.4 Å². The predicted molar refractivity (Wildman–Crippen MR) is 121 cm³/mol. The first-order valence-corrected chi connectivity index (χ1v) is 12.6. The average molecular weight is 409 g/mol. The molecule has 2 aliphatic carbocycles. The summed E-state index contributed by atoms with van der Waals surface area (Å²) in [4.78, 5) is 13.0. The van der Waals surface area contributed by atoms with E-state index in [4.69, 9.17) is 4.74 Å². The molecule has 2 rings (SSSR count). The summed E-state index contributed by atoms with van der Waals surface area (Å²) in [6.45, 7) is 10.4. The Balaban J connectivity index is 1.90. The summed E-state index contributed by atoms with van der Waals surface area (Å²) >= 11 is 0. The topological polar surface area (TPSA) is 46.5 Å². The number of hydrogen-bond acceptors (Lipinski definition) is 3. The van der Waals surface area contributed by atoms with Gasteiger partial charge in [0.25, 0.3) is 0 Å². The van der Waals surface area contributed by atoms with Gasteiger partial charge in [0, 0.05) is 0 Å². The Labute approximate surface area is 180 Å². The van der Waals surface area contributed by atoms with Gasteiger partial charge in [0.2, 0.25) is 0 Å². The molecule has 170 valence electrons. The lowest BCUT2D eigenvalue weighted by atomic mass is 9.72. The van der Waals surface area contributed by atoms with Crippen LogP contribution in [0.3, 0.4) is 0 Å². The molecule has 3 heteroatoms. The Hall–Kier alpha value is -0.570. The zero-order valence-corrected chi connectivity index (χ0v) is 19.9. The molecule has 0 amide bonds. The van der Waals surface area contributed by atoms with Crippen molar-refractivity contribution in [2.75, 3.05) is 0 Å². The Morgan fingerprint density at radius 3 is 1.97 bits per heavy atom. The number of carbonyl (C=O) groups excluding carboxylic acids is 1. The molecule has 0 aromatic rings. The summed E-state index contributed by atoms with van der Waals surface area (Å²) in [6, 6.07) is 0. The van der Waals surface area contributed by atoms with Crippen molar-refractivity contribution in [1.29, 1.82) is 0 Å². The SMILES string of the molecule is CCC[C@H]1CC[C@H](C(O)CCC(C(=O)OC(C)(C)C)[C@H]2CC[C@H](CC)CC2)CC1. The van der Waals surface area contributed by atoms with E-state index in [2.05, 4.69) is 13.8 Å². The van der Waals surface area contributed by atoms with Crippen LogP contribution in [0.25, 0.3) is 0 Å². The first-order chi connectivity index (χ1) is 13.7. The molecule has 0 aromatic carbocycles. The second-order valence-electron chi connectivity index (χ2n) is 11.0. The lowest BCUT2D eigenvalue weighted by Crippen LogP contribution is -2.35. The number of carbonyl (C=O) groups is 1. The van der Waals surface area contributed by atoms with Gasteiger partial charge in [-0.25, -0.2) is 0 Å². The van der Waals surface area contributed by atoms with E-state index < -0.39 is 5.60 Å². The van der Waals surface area contributed by atoms with Gasteiger partial charge in [-0.3, -0.25) is 4.79 Å². The highest BCUT2D eigenvalue weighted by molar-refractivity contribution is 5.73. The minimum absolute atomic E-state index is 0.0312. The van der Waals surface area contributed by atoms with Crippen molar-refractivity contribution in [2.24, 2.45) is 29.6 Å². The molecule has 2 aliphatic rings. The molecule has 1 N–H and O–H groups in total. The van der Waals surface area contributed by atoms with Crippen molar-refractivity contribution in [3.63, 3.8) is 0 Å². The number of ether oxygens (including phenoxy) is 1. The smallest absolute Gasteiger partial charge is 0.309 e. The molecular weight excluding hydrogens is 360 g/mol. The predicted octanol–water partition coefficient (Wildman–Crippen LogP) is 6.91. The van der Waals surface area contributed by atoms with Crippen molar-refractivity contribution in [2.45, 2.75) is 130 Å². The quantitative estimate of drug-likeness (QED) is 0.422. The number of aliphatic hydroxyl groups excluding tert-OH is 1. The van der Waals surface area contributed by atoms with Crippen molar-refractivity contribution in [1.82, 2.24) is 0 Å². The third-order valence-corrected chi connectivity index (χ3v) is 7.65. The van der Waals surface area contributed by atoms with Crippen molar-refractivity contribution in [3.05, 3.63) is 0 Å². The second kappa shape index (κ2) is 11.7. The van der Waals surface area contributed by atoms with Crippen LogP contribution in [0.15, 0.2) is 0 Å². The first-order valence-electron chi connectivity index (χ1n) is 12.6. The summed E-state index contributed by atoms with van der Waals surface area (Å²) in [5, 5.41) is 10.9. The molecule has 3 nitrogen and oxygen atoms in total. The molecule has 2 atom stereocenters. The minimum Gasteiger partial charge on any atom is -0.460 e. The van der Waals surface area contributed by atoms with Crippen LogP contribution < -0.4 is 0 Å². The maximum Gasteiger partial charge on any atom is 0.309 e. The Bertz CT molecular complexity index is 465. The lowest BCUT2D eigenvalue weighted by Gasteiger charge is -2.35. The highest BCUT2D eigenvalue weighted by atomic mass is 16.6. The summed E-state index contributed by atoms with van der Waals surface area (Å²) < 4.78 is 5.80. The molecule has 2 saturated carbocycles. The zero-order valence-electron chi connectivity index (χ0n) is 19.9. The van der Waals surface area contributed by atoms with Gasteiger partial charge in [-0.1, -0.05) is 58.8 Å². The molecule has 2 fully saturated rings. The largest absolute Gasteiger partial charge is 0.460 e. The van der Waals surface area contributed by atoms with Gasteiger partial charge in [0.05, 0.1) is 12.0 Å². The molecule has 0 heterocycles. The molecule has 29 heavy (non-hydrogen) atoms. The Kier molecular flexibility index (Phi) is 9.98. The van der Waals surface area contributed by atoms with E-state index in [-0.39, 0.29) is 18.0 Å². The van der Waals surface area contributed by atoms with E-state index in [0.29, 0.717) is 11.8 Å². The Morgan fingerprint density at radius 2 is 1.45 bits per heavy atom. The van der Waals surface area contributed by atoms with Crippen LogP contribution in [0.4, 0.5) is 0 Å². The third kappa shape index (κ3) is 8.23. The second-order valence-corrected chi connectivity index (χ2v) is 11.0. The van der Waals surface area contributed by atoms with Gasteiger partial charge in [-0.15, -0.1) is 0 Å². The molecule has 0 spiro atoms. The fourth-order valence-corrected chi connectivity index (χ4v) is 5.78. The summed E-state index contributed by atoms with van der Waals surface area (Å²) in [5.74, 6) is 2.48. The van der Waals surface area contributed by atoms with E-state index in [1.165, 1.54) is 44.9 Å². The van der Waals surface area contributed by atoms with E-state index in [1.807, 2.05) is 20.8 Å². The molecular formula is C26H48O3. The maximum absolute atomic E-state index is 13.0. The van der Waals surface area contributed by atoms with E-state index in [9.17, 15) is 9.90 Å². The summed E-state index contributed by atoms with van der Waals surface area (Å²) in [7, 11) is 0. The molecule has 0 bridgehead atoms. The van der Waals surface area contributed by atoms with Crippen LogP contribution in [-0.4, -0.2) is 22.8 Å². The van der Waals surface area contributed by atoms with Gasteiger partial charge in [-0.05, 0) is 83.0 Å². The standard InChI is InChI=1S/C26H48O3/c1-6-8-20-11-15-22(16-12-20)24(27)18-17-23(25(28)29-26(3,4)5)21-13-9-19(7-2)10-14-21/h19-24,27H,6-18H2,1-5H3/t19-,20-,21-,22-,23?,24?. The van der Waals surface area contributed by atoms with Crippen molar-refractivity contribution >= 4 is 5.97 Å². The Morgan fingerprint density at radius 1 is 0.897 bits per heavy atom. The van der Waals surface area contributed by atoms with E-state index in [1.54, 1.807) is 0 Å². The summed E-state index contributed by atoms with van der Waals surface area (Å²) in [6.07, 6.45) is 14.8. The van der Waals surface area contributed by atoms with Crippen LogP contribution >= 0.6 is 0 Å². The maximum atomic E-state index is 13.0. The molecule has 0 aromatic heterocycles. The first kappa shape index (κ1) is 24.7. The number of aliphatic hydroxyl groups is 1. The van der Waals surface area contributed by atoms with Crippen LogP contribution in [0.2, 0.25) is 0 Å². The molecule has 2 unspecified atom stereocenters. The van der Waals surface area contributed by atoms with Crippen LogP contribution in [0.5, 0.6) is 0 Å². The van der Waals surface area contributed by atoms with Crippen molar-refractivity contribution < 1.29 is 14.6 Å². The number of rotatable bonds is 9. The lowest BCUT2D eigenvalue weighted by molar-refractivity contribution is -0.163. The highest BCUT2D eigenvalue weighted by Gasteiger charge is 2.35. The van der Waals surface area contributed by atoms with Gasteiger partial charge in [0.15, 0.2) is 0 Å². The molecule has 0 saturated heterocycles. The number of esters is 1. The van der Waals surface area contributed by atoms with Crippen LogP contribution in [0.1, 0.15) is 118 Å². The van der Waals surface area contributed by atoms with E-state index >= 15 is 0 Å². The van der Waals surface area contributed by atoms with Gasteiger partial charge in [0.1, 0.15) is 5.60 Å². The average Bonchev–Trinajstić information content (AvgIpc) is 2.68. The van der Waals surface area contributed by atoms with Gasteiger partial charge >= 0.3 is 5.97 Å². The fourth-order valence-electron chi connectivity index (χ4n) is 5.78. The molecule has 0 aliphatic heterocycles. The van der Waals surface area contributed by atoms with Gasteiger partial charge < -0.3 is 9.84 Å². The zero-order chi connectivity index (χ0) is 21.4. The summed E-state index contributed by atoms with van der Waals surface area (Å²) in [5.41, 5.74) is -0.438. The fraction of sp³-hybridized carbons (Fsp3) is 0.962. The van der Waals surface area contributed by atoms with Crippen molar-refractivity contribution in [3.8, 4) is 0 Å². The molecule has 0 radical (unpaired) electrons. The van der Waals surface area contributed by atoms with Crippen LogP contribution in [-0.2, 0) is 9.53 Å². The number of hydrogen-bond donors (Lipinski definition) is 1. The van der Waals surface area contributed by atoms with Gasteiger partial charge in [-0.2, -0.15) is 0 Å². The highest BCUT2D eigenvalue weighted by Crippen LogP contribution is 2.39. The monoisotopic (exact) mass is 408 g/mol. The normalized spacial score (nSPS) is 30.6. The minimum atomic E-state index is -0.438.